The highest BCUT2D eigenvalue weighted by Crippen LogP contribution is 2.68. The molecule has 3 nitrogen and oxygen atoms in total. The van der Waals surface area contributed by atoms with Gasteiger partial charge >= 0.3 is 10.1 Å². The number of hydrogen-bond donors (Lipinski definition) is 0. The summed E-state index contributed by atoms with van der Waals surface area (Å²) in [6, 6.07) is 5.98. The Hall–Kier alpha value is -1.03. The van der Waals surface area contributed by atoms with Crippen LogP contribution in [0.5, 0.6) is 5.75 Å². The summed E-state index contributed by atoms with van der Waals surface area (Å²) in [5, 5.41) is 0. The van der Waals surface area contributed by atoms with Crippen molar-refractivity contribution in [3.8, 4) is 5.75 Å². The number of rotatable bonds is 5. The lowest BCUT2D eigenvalue weighted by atomic mass is 9.50. The van der Waals surface area contributed by atoms with E-state index < -0.39 is 10.1 Å². The van der Waals surface area contributed by atoms with Gasteiger partial charge < -0.3 is 4.18 Å². The van der Waals surface area contributed by atoms with E-state index in [-0.39, 0.29) is 0 Å². The Morgan fingerprint density at radius 2 is 1.93 bits per heavy atom. The number of unbranched alkanes of at least 4 members (excludes halogenated alkanes) is 1. The minimum Gasteiger partial charge on any atom is -0.383 e. The largest absolute Gasteiger partial charge is 0.383 e. The van der Waals surface area contributed by atoms with E-state index in [0.29, 0.717) is 22.5 Å². The van der Waals surface area contributed by atoms with Crippen molar-refractivity contribution in [2.24, 2.45) is 22.7 Å². The maximum atomic E-state index is 11.5. The van der Waals surface area contributed by atoms with Crippen LogP contribution in [0.25, 0.3) is 0 Å². The highest BCUT2D eigenvalue weighted by molar-refractivity contribution is 7.86. The van der Waals surface area contributed by atoms with E-state index in [9.17, 15) is 8.42 Å². The molecule has 1 aromatic rings. The molecule has 0 heterocycles. The first kappa shape index (κ1) is 20.3. The summed E-state index contributed by atoms with van der Waals surface area (Å²) in [6.07, 6.45) is 12.8. The minimum atomic E-state index is -3.47. The Morgan fingerprint density at radius 3 is 2.64 bits per heavy atom. The monoisotopic (exact) mass is 404 g/mol. The predicted octanol–water partition coefficient (Wildman–Crippen LogP) is 6.08. The van der Waals surface area contributed by atoms with Gasteiger partial charge in [-0.25, -0.2) is 0 Å². The molecule has 0 N–H and O–H groups in total. The molecule has 1 aromatic carbocycles. The van der Waals surface area contributed by atoms with Crippen molar-refractivity contribution in [2.45, 2.75) is 84.5 Å². The first-order valence-corrected chi connectivity index (χ1v) is 13.0. The van der Waals surface area contributed by atoms with E-state index in [1.807, 2.05) is 12.1 Å². The molecule has 2 saturated carbocycles. The lowest BCUT2D eigenvalue weighted by Gasteiger charge is -2.54. The smallest absolute Gasteiger partial charge is 0.306 e. The summed E-state index contributed by atoms with van der Waals surface area (Å²) in [4.78, 5) is 0. The van der Waals surface area contributed by atoms with Gasteiger partial charge in [0.05, 0.1) is 6.26 Å². The average Bonchev–Trinajstić information content (AvgIpc) is 2.90. The number of hydrogen-bond acceptors (Lipinski definition) is 3. The predicted molar refractivity (Wildman–Crippen MR) is 114 cm³/mol. The van der Waals surface area contributed by atoms with Gasteiger partial charge in [-0.05, 0) is 96.8 Å². The van der Waals surface area contributed by atoms with Crippen LogP contribution in [0.3, 0.4) is 0 Å². The molecule has 0 unspecified atom stereocenters. The second kappa shape index (κ2) is 7.04. The average molecular weight is 405 g/mol. The van der Waals surface area contributed by atoms with Gasteiger partial charge in [-0.3, -0.25) is 0 Å². The Balaban J connectivity index is 1.59. The number of benzene rings is 1. The molecule has 0 bridgehead atoms. The van der Waals surface area contributed by atoms with Crippen LogP contribution in [0.1, 0.15) is 89.2 Å². The highest BCUT2D eigenvalue weighted by Gasteiger charge is 2.59. The van der Waals surface area contributed by atoms with Gasteiger partial charge in [-0.2, -0.15) is 8.42 Å². The molecule has 156 valence electrons. The van der Waals surface area contributed by atoms with Gasteiger partial charge in [0.25, 0.3) is 0 Å². The van der Waals surface area contributed by atoms with Gasteiger partial charge in [-0.1, -0.05) is 39.7 Å². The van der Waals surface area contributed by atoms with E-state index in [2.05, 4.69) is 26.8 Å². The fourth-order valence-corrected chi connectivity index (χ4v) is 7.58. The van der Waals surface area contributed by atoms with Crippen molar-refractivity contribution in [3.63, 3.8) is 0 Å². The molecule has 5 atom stereocenters. The van der Waals surface area contributed by atoms with Gasteiger partial charge in [-0.15, -0.1) is 0 Å². The number of fused-ring (bicyclic) bond motifs is 5. The van der Waals surface area contributed by atoms with Crippen LogP contribution in [-0.4, -0.2) is 14.7 Å². The second-order valence-electron chi connectivity index (χ2n) is 10.2. The first-order chi connectivity index (χ1) is 13.2. The minimum absolute atomic E-state index is 0.466. The quantitative estimate of drug-likeness (QED) is 0.559. The fourth-order valence-electron chi connectivity index (χ4n) is 7.12. The standard InChI is InChI=1S/C24H36O3S/c1-5-6-13-23(2)14-12-22-21-9-7-17-16-18(27-28(4,25)26)8-10-19(17)20(21)11-15-24(22,23)3/h8,10,16,20-22H,5-7,9,11-15H2,1-4H3/t20-,21-,22+,23+,24+/m1/s1. The van der Waals surface area contributed by atoms with Crippen LogP contribution in [0.4, 0.5) is 0 Å². The zero-order valence-corrected chi connectivity index (χ0v) is 18.8. The van der Waals surface area contributed by atoms with E-state index in [1.165, 1.54) is 62.5 Å². The molecule has 0 saturated heterocycles. The van der Waals surface area contributed by atoms with Gasteiger partial charge in [0, 0.05) is 0 Å². The van der Waals surface area contributed by atoms with Crippen LogP contribution < -0.4 is 4.18 Å². The SMILES string of the molecule is CCCC[C@@]1(C)CC[C@H]2[C@@H]3CCc4cc(OS(C)(=O)=O)ccc4[C@H]3CC[C@@]21C. The van der Waals surface area contributed by atoms with Crippen molar-refractivity contribution in [1.29, 1.82) is 0 Å². The van der Waals surface area contributed by atoms with Crippen molar-refractivity contribution in [1.82, 2.24) is 0 Å². The van der Waals surface area contributed by atoms with Crippen LogP contribution in [0.2, 0.25) is 0 Å². The lowest BCUT2D eigenvalue weighted by Crippen LogP contribution is -2.46. The normalized spacial score (nSPS) is 37.1. The molecule has 4 heteroatoms. The fraction of sp³-hybridized carbons (Fsp3) is 0.750. The number of aryl methyl sites for hydroxylation is 1. The Bertz CT molecular complexity index is 845. The second-order valence-corrected chi connectivity index (χ2v) is 11.8. The van der Waals surface area contributed by atoms with Gasteiger partial charge in [0.2, 0.25) is 0 Å². The maximum Gasteiger partial charge on any atom is 0.306 e. The molecule has 0 amide bonds. The van der Waals surface area contributed by atoms with E-state index in [0.717, 1.165) is 24.5 Å². The topological polar surface area (TPSA) is 43.4 Å². The molecule has 0 radical (unpaired) electrons. The zero-order chi connectivity index (χ0) is 20.2. The van der Waals surface area contributed by atoms with E-state index in [4.69, 9.17) is 4.18 Å². The third kappa shape index (κ3) is 3.30. The van der Waals surface area contributed by atoms with Crippen molar-refractivity contribution in [2.75, 3.05) is 6.26 Å². The van der Waals surface area contributed by atoms with Gasteiger partial charge in [0.1, 0.15) is 5.75 Å². The van der Waals surface area contributed by atoms with Crippen molar-refractivity contribution in [3.05, 3.63) is 29.3 Å². The zero-order valence-electron chi connectivity index (χ0n) is 18.0. The molecule has 4 rings (SSSR count). The summed E-state index contributed by atoms with van der Waals surface area (Å²) in [6.45, 7) is 7.50. The van der Waals surface area contributed by atoms with Crippen LogP contribution in [0, 0.1) is 22.7 Å². The molecule has 3 aliphatic carbocycles. The molecule has 2 fully saturated rings. The van der Waals surface area contributed by atoms with Gasteiger partial charge in [0.15, 0.2) is 0 Å². The molecule has 0 aromatic heterocycles. The summed E-state index contributed by atoms with van der Waals surface area (Å²) in [5.41, 5.74) is 3.76. The highest BCUT2D eigenvalue weighted by atomic mass is 32.2. The van der Waals surface area contributed by atoms with Crippen LogP contribution in [-0.2, 0) is 16.5 Å². The lowest BCUT2D eigenvalue weighted by molar-refractivity contribution is -0.0230. The Labute approximate surface area is 171 Å². The van der Waals surface area contributed by atoms with Crippen molar-refractivity contribution >= 4 is 10.1 Å². The Morgan fingerprint density at radius 1 is 1.14 bits per heavy atom. The molecule has 28 heavy (non-hydrogen) atoms. The third-order valence-electron chi connectivity index (χ3n) is 8.80. The van der Waals surface area contributed by atoms with E-state index >= 15 is 0 Å². The Kier molecular flexibility index (Phi) is 5.09. The van der Waals surface area contributed by atoms with Crippen LogP contribution >= 0.6 is 0 Å². The molecule has 0 spiro atoms. The maximum absolute atomic E-state index is 11.5. The molecular formula is C24H36O3S. The third-order valence-corrected chi connectivity index (χ3v) is 9.30. The molecule has 3 aliphatic rings. The van der Waals surface area contributed by atoms with Crippen LogP contribution in [0.15, 0.2) is 18.2 Å². The summed E-state index contributed by atoms with van der Waals surface area (Å²) in [5.74, 6) is 2.74. The first-order valence-electron chi connectivity index (χ1n) is 11.2. The summed E-state index contributed by atoms with van der Waals surface area (Å²) < 4.78 is 28.1. The summed E-state index contributed by atoms with van der Waals surface area (Å²) in [7, 11) is -3.47. The van der Waals surface area contributed by atoms with Crippen molar-refractivity contribution < 1.29 is 12.6 Å². The molecular weight excluding hydrogens is 368 g/mol. The molecule has 0 aliphatic heterocycles. The van der Waals surface area contributed by atoms with E-state index in [1.54, 1.807) is 0 Å². The summed E-state index contributed by atoms with van der Waals surface area (Å²) >= 11 is 0.